The van der Waals surface area contributed by atoms with E-state index in [1.54, 1.807) is 31.3 Å². The molecule has 0 radical (unpaired) electrons. The van der Waals surface area contributed by atoms with Crippen molar-refractivity contribution in [3.63, 3.8) is 0 Å². The number of anilines is 2. The van der Waals surface area contributed by atoms with Crippen molar-refractivity contribution in [1.29, 1.82) is 0 Å². The number of hydrogen-bond donors (Lipinski definition) is 1. The molecule has 1 N–H and O–H groups in total. The minimum atomic E-state index is -4.38. The highest BCUT2D eigenvalue weighted by molar-refractivity contribution is 7.85. The molecule has 0 aliphatic rings. The zero-order valence-corrected chi connectivity index (χ0v) is 14.5. The van der Waals surface area contributed by atoms with E-state index in [2.05, 4.69) is 15.0 Å². The molecule has 3 aromatic rings. The van der Waals surface area contributed by atoms with Gasteiger partial charge in [0.05, 0.1) is 10.6 Å². The molecule has 0 aliphatic heterocycles. The van der Waals surface area contributed by atoms with Crippen LogP contribution in [0, 0.1) is 0 Å². The summed E-state index contributed by atoms with van der Waals surface area (Å²) in [5, 5.41) is 1.18. The third-order valence-corrected chi connectivity index (χ3v) is 4.51. The highest BCUT2D eigenvalue weighted by atomic mass is 35.5. The molecule has 0 saturated carbocycles. The predicted octanol–water partition coefficient (Wildman–Crippen LogP) is 3.35. The van der Waals surface area contributed by atoms with Crippen LogP contribution in [-0.2, 0) is 10.1 Å². The first-order valence-electron chi connectivity index (χ1n) is 6.57. The van der Waals surface area contributed by atoms with Crippen LogP contribution in [0.2, 0.25) is 10.6 Å². The molecule has 0 spiro atoms. The first kappa shape index (κ1) is 16.8. The van der Waals surface area contributed by atoms with Crippen molar-refractivity contribution in [2.45, 2.75) is 4.90 Å². The fourth-order valence-electron chi connectivity index (χ4n) is 2.26. The molecule has 3 rings (SSSR count). The van der Waals surface area contributed by atoms with Crippen LogP contribution in [0.1, 0.15) is 0 Å². The summed E-state index contributed by atoms with van der Waals surface area (Å²) in [5.41, 5.74) is 0.457. The van der Waals surface area contributed by atoms with E-state index in [4.69, 9.17) is 23.2 Å². The molecule has 1 heterocycles. The van der Waals surface area contributed by atoms with Crippen LogP contribution < -0.4 is 4.90 Å². The van der Waals surface area contributed by atoms with Gasteiger partial charge in [-0.05, 0) is 40.7 Å². The standard InChI is InChI=1S/C14H10Cl2N4O3S/c1-20(14-18-12(15)17-13(16)19-14)11-7-9(24(21,22)23)6-8-4-2-3-5-10(8)11/h2-7H,1H3,(H,21,22,23). The van der Waals surface area contributed by atoms with Gasteiger partial charge >= 0.3 is 0 Å². The molecule has 0 aliphatic carbocycles. The van der Waals surface area contributed by atoms with Crippen LogP contribution in [0.4, 0.5) is 11.6 Å². The molecule has 0 amide bonds. The van der Waals surface area contributed by atoms with E-state index in [1.807, 2.05) is 0 Å². The van der Waals surface area contributed by atoms with E-state index in [9.17, 15) is 13.0 Å². The third-order valence-electron chi connectivity index (χ3n) is 3.34. The lowest BCUT2D eigenvalue weighted by molar-refractivity contribution is 0.483. The molecule has 0 bridgehead atoms. The van der Waals surface area contributed by atoms with Crippen molar-refractivity contribution in [2.75, 3.05) is 11.9 Å². The van der Waals surface area contributed by atoms with Gasteiger partial charge in [-0.15, -0.1) is 0 Å². The molecule has 0 fully saturated rings. The van der Waals surface area contributed by atoms with Gasteiger partial charge in [0.15, 0.2) is 0 Å². The molecule has 24 heavy (non-hydrogen) atoms. The maximum Gasteiger partial charge on any atom is 0.294 e. The van der Waals surface area contributed by atoms with Gasteiger partial charge < -0.3 is 4.90 Å². The van der Waals surface area contributed by atoms with E-state index >= 15 is 0 Å². The maximum atomic E-state index is 11.5. The summed E-state index contributed by atoms with van der Waals surface area (Å²) in [7, 11) is -2.76. The first-order valence-corrected chi connectivity index (χ1v) is 8.76. The number of halogens is 2. The lowest BCUT2D eigenvalue weighted by Crippen LogP contribution is -2.15. The fourth-order valence-corrected chi connectivity index (χ4v) is 3.15. The van der Waals surface area contributed by atoms with Gasteiger partial charge in [0.2, 0.25) is 16.5 Å². The highest BCUT2D eigenvalue weighted by Crippen LogP contribution is 2.33. The minimum Gasteiger partial charge on any atom is -0.313 e. The highest BCUT2D eigenvalue weighted by Gasteiger charge is 2.18. The number of nitrogens with zero attached hydrogens (tertiary/aromatic N) is 4. The van der Waals surface area contributed by atoms with Crippen molar-refractivity contribution >= 4 is 55.7 Å². The molecule has 2 aromatic carbocycles. The number of aromatic nitrogens is 3. The van der Waals surface area contributed by atoms with E-state index in [0.29, 0.717) is 11.1 Å². The fraction of sp³-hybridized carbons (Fsp3) is 0.0714. The van der Waals surface area contributed by atoms with Crippen LogP contribution in [0.3, 0.4) is 0 Å². The summed E-state index contributed by atoms with van der Waals surface area (Å²) in [5.74, 6) is 0.137. The van der Waals surface area contributed by atoms with Gasteiger partial charge in [-0.25, -0.2) is 0 Å². The minimum absolute atomic E-state index is 0.0907. The maximum absolute atomic E-state index is 11.5. The van der Waals surface area contributed by atoms with Crippen molar-refractivity contribution in [3.05, 3.63) is 47.0 Å². The molecule has 124 valence electrons. The second-order valence-electron chi connectivity index (χ2n) is 4.87. The van der Waals surface area contributed by atoms with Crippen LogP contribution in [0.5, 0.6) is 0 Å². The summed E-state index contributed by atoms with van der Waals surface area (Å²) in [6.45, 7) is 0. The van der Waals surface area contributed by atoms with Gasteiger partial charge in [0.1, 0.15) is 0 Å². The van der Waals surface area contributed by atoms with Crippen LogP contribution in [0.15, 0.2) is 41.3 Å². The van der Waals surface area contributed by atoms with Crippen molar-refractivity contribution in [3.8, 4) is 0 Å². The Kier molecular flexibility index (Phi) is 4.31. The lowest BCUT2D eigenvalue weighted by atomic mass is 10.1. The monoisotopic (exact) mass is 384 g/mol. The van der Waals surface area contributed by atoms with Crippen LogP contribution in [-0.4, -0.2) is 35.0 Å². The summed E-state index contributed by atoms with van der Waals surface area (Å²) in [6, 6.07) is 9.81. The average Bonchev–Trinajstić information content (AvgIpc) is 2.51. The molecule has 0 saturated heterocycles. The molecule has 1 aromatic heterocycles. The second-order valence-corrected chi connectivity index (χ2v) is 6.97. The first-order chi connectivity index (χ1) is 11.3. The molecular weight excluding hydrogens is 375 g/mol. The summed E-state index contributed by atoms with van der Waals surface area (Å²) in [6.07, 6.45) is 0. The Morgan fingerprint density at radius 1 is 1.04 bits per heavy atom. The lowest BCUT2D eigenvalue weighted by Gasteiger charge is -2.20. The molecule has 10 heteroatoms. The van der Waals surface area contributed by atoms with E-state index in [0.717, 1.165) is 5.39 Å². The SMILES string of the molecule is CN(c1nc(Cl)nc(Cl)n1)c1cc(S(=O)(=O)O)cc2ccccc12. The quantitative estimate of drug-likeness (QED) is 0.691. The topological polar surface area (TPSA) is 96.3 Å². The largest absolute Gasteiger partial charge is 0.313 e. The van der Waals surface area contributed by atoms with Gasteiger partial charge in [-0.3, -0.25) is 4.55 Å². The van der Waals surface area contributed by atoms with E-state index in [-0.39, 0.29) is 21.4 Å². The van der Waals surface area contributed by atoms with Gasteiger partial charge in [-0.2, -0.15) is 23.4 Å². The molecule has 7 nitrogen and oxygen atoms in total. The Morgan fingerprint density at radius 3 is 2.29 bits per heavy atom. The van der Waals surface area contributed by atoms with Crippen molar-refractivity contribution in [2.24, 2.45) is 0 Å². The Morgan fingerprint density at radius 2 is 1.67 bits per heavy atom. The Labute approximate surface area is 147 Å². The summed E-state index contributed by atoms with van der Waals surface area (Å²) in [4.78, 5) is 12.9. The summed E-state index contributed by atoms with van der Waals surface area (Å²) >= 11 is 11.6. The molecular formula is C14H10Cl2N4O3S. The molecule has 0 atom stereocenters. The zero-order chi connectivity index (χ0) is 17.5. The number of hydrogen-bond acceptors (Lipinski definition) is 6. The second kappa shape index (κ2) is 6.14. The van der Waals surface area contributed by atoms with E-state index < -0.39 is 10.1 Å². The average molecular weight is 385 g/mol. The van der Waals surface area contributed by atoms with Crippen LogP contribution in [0.25, 0.3) is 10.8 Å². The number of benzene rings is 2. The number of rotatable bonds is 3. The van der Waals surface area contributed by atoms with Crippen molar-refractivity contribution in [1.82, 2.24) is 15.0 Å². The smallest absolute Gasteiger partial charge is 0.294 e. The molecule has 0 unspecified atom stereocenters. The Balaban J connectivity index is 2.27. The van der Waals surface area contributed by atoms with Gasteiger partial charge in [0.25, 0.3) is 10.1 Å². The Bertz CT molecular complexity index is 1020. The number of fused-ring (bicyclic) bond motifs is 1. The van der Waals surface area contributed by atoms with E-state index in [1.165, 1.54) is 17.0 Å². The third kappa shape index (κ3) is 3.27. The Hall–Kier alpha value is -2.00. The van der Waals surface area contributed by atoms with Gasteiger partial charge in [-0.1, -0.05) is 24.3 Å². The van der Waals surface area contributed by atoms with Gasteiger partial charge in [0, 0.05) is 12.4 Å². The normalized spacial score (nSPS) is 11.7. The zero-order valence-electron chi connectivity index (χ0n) is 12.2. The predicted molar refractivity (Wildman–Crippen MR) is 91.7 cm³/mol. The van der Waals surface area contributed by atoms with Crippen molar-refractivity contribution < 1.29 is 13.0 Å². The van der Waals surface area contributed by atoms with Crippen LogP contribution >= 0.6 is 23.2 Å². The summed E-state index contributed by atoms with van der Waals surface area (Å²) < 4.78 is 32.5.